The van der Waals surface area contributed by atoms with Gasteiger partial charge in [-0.25, -0.2) is 0 Å². The molecule has 0 unspecified atom stereocenters. The largest absolute Gasteiger partial charge is 0.351 e. The number of carbonyl (C=O) groups is 2. The molecule has 0 radical (unpaired) electrons. The Kier molecular flexibility index (Phi) is 4.33. The van der Waals surface area contributed by atoms with Crippen LogP contribution in [0.5, 0.6) is 0 Å². The summed E-state index contributed by atoms with van der Waals surface area (Å²) in [5, 5.41) is 6.65. The number of carbonyl (C=O) groups excluding carboxylic acids is 2. The summed E-state index contributed by atoms with van der Waals surface area (Å²) in [5.74, 6) is -0.318. The van der Waals surface area contributed by atoms with Crippen LogP contribution in [0, 0.1) is 5.92 Å². The van der Waals surface area contributed by atoms with Crippen LogP contribution in [-0.4, -0.2) is 16.8 Å². The maximum absolute atomic E-state index is 12.3. The summed E-state index contributed by atoms with van der Waals surface area (Å²) < 4.78 is 0. The SMILES string of the molecule is CC(C)C(=O)Nc1ccc(NC(=O)c2cc3ccccc3[nH]2)cc1. The molecule has 1 heterocycles. The Morgan fingerprint density at radius 3 is 2.17 bits per heavy atom. The highest BCUT2D eigenvalue weighted by atomic mass is 16.2. The molecule has 3 rings (SSSR count). The maximum atomic E-state index is 12.3. The Bertz CT molecular complexity index is 846. The second kappa shape index (κ2) is 6.58. The van der Waals surface area contributed by atoms with Crippen LogP contribution in [0.1, 0.15) is 24.3 Å². The monoisotopic (exact) mass is 321 g/mol. The van der Waals surface area contributed by atoms with E-state index in [1.165, 1.54) is 0 Å². The molecular formula is C19H19N3O2. The fourth-order valence-corrected chi connectivity index (χ4v) is 2.32. The Morgan fingerprint density at radius 1 is 0.917 bits per heavy atom. The van der Waals surface area contributed by atoms with Crippen molar-refractivity contribution in [1.82, 2.24) is 4.98 Å². The zero-order valence-electron chi connectivity index (χ0n) is 13.6. The van der Waals surface area contributed by atoms with E-state index in [-0.39, 0.29) is 17.7 Å². The van der Waals surface area contributed by atoms with Gasteiger partial charge in [-0.15, -0.1) is 0 Å². The van der Waals surface area contributed by atoms with Crippen molar-refractivity contribution in [1.29, 1.82) is 0 Å². The average Bonchev–Trinajstić information content (AvgIpc) is 3.00. The molecule has 24 heavy (non-hydrogen) atoms. The van der Waals surface area contributed by atoms with Gasteiger partial charge < -0.3 is 15.6 Å². The van der Waals surface area contributed by atoms with E-state index in [0.29, 0.717) is 17.1 Å². The minimum absolute atomic E-state index is 0.0372. The first-order chi connectivity index (χ1) is 11.5. The summed E-state index contributed by atoms with van der Waals surface area (Å²) in [7, 11) is 0. The van der Waals surface area contributed by atoms with Gasteiger partial charge in [-0.2, -0.15) is 0 Å². The third-order valence-corrected chi connectivity index (χ3v) is 3.71. The third-order valence-electron chi connectivity index (χ3n) is 3.71. The third kappa shape index (κ3) is 3.46. The Morgan fingerprint density at radius 2 is 1.54 bits per heavy atom. The Labute approximate surface area is 140 Å². The van der Waals surface area contributed by atoms with Crippen LogP contribution in [0.2, 0.25) is 0 Å². The predicted octanol–water partition coefficient (Wildman–Crippen LogP) is 4.01. The second-order valence-electron chi connectivity index (χ2n) is 5.95. The first-order valence-corrected chi connectivity index (χ1v) is 7.83. The molecule has 3 N–H and O–H groups in total. The number of amides is 2. The quantitative estimate of drug-likeness (QED) is 0.679. The Balaban J connectivity index is 1.69. The van der Waals surface area contributed by atoms with Crippen LogP contribution < -0.4 is 10.6 Å². The van der Waals surface area contributed by atoms with Crippen molar-refractivity contribution in [3.05, 3.63) is 60.3 Å². The molecule has 2 amide bonds. The molecule has 122 valence electrons. The molecule has 5 nitrogen and oxygen atoms in total. The molecular weight excluding hydrogens is 302 g/mol. The zero-order chi connectivity index (χ0) is 17.1. The van der Waals surface area contributed by atoms with Gasteiger partial charge in [0.2, 0.25) is 5.91 Å². The number of fused-ring (bicyclic) bond motifs is 1. The van der Waals surface area contributed by atoms with E-state index in [1.807, 2.05) is 44.2 Å². The molecule has 0 spiro atoms. The second-order valence-corrected chi connectivity index (χ2v) is 5.95. The summed E-state index contributed by atoms with van der Waals surface area (Å²) in [4.78, 5) is 27.1. The molecule has 0 aliphatic rings. The summed E-state index contributed by atoms with van der Waals surface area (Å²) in [6.07, 6.45) is 0. The number of aromatic nitrogens is 1. The van der Waals surface area contributed by atoms with Crippen LogP contribution in [-0.2, 0) is 4.79 Å². The molecule has 0 aliphatic heterocycles. The van der Waals surface area contributed by atoms with Crippen molar-refractivity contribution in [3.63, 3.8) is 0 Å². The normalized spacial score (nSPS) is 10.8. The van der Waals surface area contributed by atoms with Crippen molar-refractivity contribution in [3.8, 4) is 0 Å². The lowest BCUT2D eigenvalue weighted by Gasteiger charge is -2.09. The van der Waals surface area contributed by atoms with Crippen LogP contribution in [0.25, 0.3) is 10.9 Å². The van der Waals surface area contributed by atoms with E-state index in [4.69, 9.17) is 0 Å². The first kappa shape index (κ1) is 15.8. The van der Waals surface area contributed by atoms with Gasteiger partial charge in [0.1, 0.15) is 5.69 Å². The summed E-state index contributed by atoms with van der Waals surface area (Å²) in [5.41, 5.74) is 2.81. The molecule has 0 saturated carbocycles. The standard InChI is InChI=1S/C19H19N3O2/c1-12(2)18(23)20-14-7-9-15(10-8-14)21-19(24)17-11-13-5-3-4-6-16(13)22-17/h3-12,22H,1-2H3,(H,20,23)(H,21,24). The number of rotatable bonds is 4. The highest BCUT2D eigenvalue weighted by Gasteiger charge is 2.10. The highest BCUT2D eigenvalue weighted by Crippen LogP contribution is 2.18. The van der Waals surface area contributed by atoms with E-state index >= 15 is 0 Å². The topological polar surface area (TPSA) is 74.0 Å². The maximum Gasteiger partial charge on any atom is 0.272 e. The highest BCUT2D eigenvalue weighted by molar-refractivity contribution is 6.06. The van der Waals surface area contributed by atoms with E-state index in [2.05, 4.69) is 15.6 Å². The fourth-order valence-electron chi connectivity index (χ4n) is 2.32. The van der Waals surface area contributed by atoms with Gasteiger partial charge in [-0.05, 0) is 36.4 Å². The van der Waals surface area contributed by atoms with Crippen molar-refractivity contribution in [2.24, 2.45) is 5.92 Å². The van der Waals surface area contributed by atoms with Crippen molar-refractivity contribution in [2.75, 3.05) is 10.6 Å². The predicted molar refractivity (Wildman–Crippen MR) is 96.2 cm³/mol. The number of hydrogen-bond acceptors (Lipinski definition) is 2. The molecule has 0 saturated heterocycles. The number of benzene rings is 2. The van der Waals surface area contributed by atoms with Crippen LogP contribution in [0.4, 0.5) is 11.4 Å². The number of hydrogen-bond donors (Lipinski definition) is 3. The molecule has 0 atom stereocenters. The lowest BCUT2D eigenvalue weighted by atomic mass is 10.2. The fraction of sp³-hybridized carbons (Fsp3) is 0.158. The molecule has 0 fully saturated rings. The van der Waals surface area contributed by atoms with Gasteiger partial charge in [-0.3, -0.25) is 9.59 Å². The van der Waals surface area contributed by atoms with Gasteiger partial charge in [0, 0.05) is 28.2 Å². The summed E-state index contributed by atoms with van der Waals surface area (Å²) in [6, 6.07) is 16.6. The minimum Gasteiger partial charge on any atom is -0.351 e. The van der Waals surface area contributed by atoms with Gasteiger partial charge in [0.05, 0.1) is 0 Å². The minimum atomic E-state index is -0.204. The molecule has 0 bridgehead atoms. The van der Waals surface area contributed by atoms with Gasteiger partial charge in [0.25, 0.3) is 5.91 Å². The lowest BCUT2D eigenvalue weighted by Crippen LogP contribution is -2.17. The zero-order valence-corrected chi connectivity index (χ0v) is 13.6. The van der Waals surface area contributed by atoms with Crippen LogP contribution >= 0.6 is 0 Å². The van der Waals surface area contributed by atoms with Crippen LogP contribution in [0.3, 0.4) is 0 Å². The Hall–Kier alpha value is -3.08. The number of para-hydroxylation sites is 1. The molecule has 3 aromatic rings. The number of nitrogens with one attached hydrogen (secondary N) is 3. The smallest absolute Gasteiger partial charge is 0.272 e. The van der Waals surface area contributed by atoms with Gasteiger partial charge in [-0.1, -0.05) is 32.0 Å². The molecule has 2 aromatic carbocycles. The van der Waals surface area contributed by atoms with Crippen molar-refractivity contribution in [2.45, 2.75) is 13.8 Å². The average molecular weight is 321 g/mol. The first-order valence-electron chi connectivity index (χ1n) is 7.83. The van der Waals surface area contributed by atoms with E-state index < -0.39 is 0 Å². The molecule has 5 heteroatoms. The van der Waals surface area contributed by atoms with Crippen molar-refractivity contribution < 1.29 is 9.59 Å². The summed E-state index contributed by atoms with van der Waals surface area (Å²) in [6.45, 7) is 3.68. The number of H-pyrrole nitrogens is 1. The van der Waals surface area contributed by atoms with E-state index in [9.17, 15) is 9.59 Å². The van der Waals surface area contributed by atoms with Gasteiger partial charge >= 0.3 is 0 Å². The van der Waals surface area contributed by atoms with Crippen molar-refractivity contribution >= 4 is 34.1 Å². The lowest BCUT2D eigenvalue weighted by molar-refractivity contribution is -0.118. The molecule has 0 aliphatic carbocycles. The summed E-state index contributed by atoms with van der Waals surface area (Å²) >= 11 is 0. The molecule has 1 aromatic heterocycles. The number of aromatic amines is 1. The van der Waals surface area contributed by atoms with Gasteiger partial charge in [0.15, 0.2) is 0 Å². The van der Waals surface area contributed by atoms with Crippen LogP contribution in [0.15, 0.2) is 54.6 Å². The van der Waals surface area contributed by atoms with E-state index in [1.54, 1.807) is 24.3 Å². The van der Waals surface area contributed by atoms with E-state index in [0.717, 1.165) is 10.9 Å². The number of anilines is 2.